The van der Waals surface area contributed by atoms with Crippen molar-refractivity contribution in [2.24, 2.45) is 15.4 Å². The topological polar surface area (TPSA) is 214 Å². The number of azo groups is 1. The molecule has 3 aromatic rings. The number of nitrogens with two attached hydrogens (primary N) is 2. The number of nitrogen functional groups attached to an aromatic ring is 1. The van der Waals surface area contributed by atoms with Crippen molar-refractivity contribution < 1.29 is 8.42 Å². The molecule has 0 unspecified atom stereocenters. The normalized spacial score (nSPS) is 12.1. The van der Waals surface area contributed by atoms with Crippen molar-refractivity contribution in [1.29, 1.82) is 0 Å². The summed E-state index contributed by atoms with van der Waals surface area (Å²) in [6.45, 7) is 0. The Labute approximate surface area is 143 Å². The Morgan fingerprint density at radius 2 is 1.96 bits per heavy atom. The van der Waals surface area contributed by atoms with Gasteiger partial charge in [-0.2, -0.15) is 5.21 Å². The molecular weight excluding hydrogens is 376 g/mol. The molecule has 13 nitrogen and oxygen atoms in total. The number of aromatic amines is 3. The van der Waals surface area contributed by atoms with E-state index in [4.69, 9.17) is 22.5 Å². The number of H-pyrrole nitrogens is 3. The van der Waals surface area contributed by atoms with E-state index in [-0.39, 0.29) is 38.5 Å². The van der Waals surface area contributed by atoms with Crippen LogP contribution in [0.2, 0.25) is 5.02 Å². The molecule has 15 heteroatoms. The fourth-order valence-electron chi connectivity index (χ4n) is 1.87. The van der Waals surface area contributed by atoms with Crippen molar-refractivity contribution in [3.8, 4) is 11.4 Å². The first-order chi connectivity index (χ1) is 11.8. The molecule has 0 atom stereocenters. The molecule has 0 saturated carbocycles. The monoisotopic (exact) mass is 384 g/mol. The zero-order valence-corrected chi connectivity index (χ0v) is 13.6. The Kier molecular flexibility index (Phi) is 4.07. The minimum atomic E-state index is -4.11. The number of halogens is 1. The van der Waals surface area contributed by atoms with Gasteiger partial charge in [0.2, 0.25) is 15.8 Å². The van der Waals surface area contributed by atoms with Crippen molar-refractivity contribution in [3.05, 3.63) is 27.5 Å². The lowest BCUT2D eigenvalue weighted by Gasteiger charge is -2.06. The highest BCUT2D eigenvalue weighted by Crippen LogP contribution is 2.35. The van der Waals surface area contributed by atoms with E-state index in [1.54, 1.807) is 0 Å². The van der Waals surface area contributed by atoms with E-state index in [0.29, 0.717) is 0 Å². The van der Waals surface area contributed by atoms with E-state index >= 15 is 0 Å². The third-order valence-corrected chi connectivity index (χ3v) is 4.36. The Hall–Kier alpha value is -3.10. The highest BCUT2D eigenvalue weighted by Gasteiger charge is 2.20. The Bertz CT molecular complexity index is 1110. The highest BCUT2D eigenvalue weighted by molar-refractivity contribution is 7.89. The molecule has 0 spiro atoms. The Balaban J connectivity index is 2.19. The van der Waals surface area contributed by atoms with Crippen molar-refractivity contribution >= 4 is 38.8 Å². The molecule has 0 amide bonds. The van der Waals surface area contributed by atoms with E-state index in [1.165, 1.54) is 6.07 Å². The van der Waals surface area contributed by atoms with E-state index in [9.17, 15) is 13.2 Å². The second-order valence-corrected chi connectivity index (χ2v) is 6.56. The quantitative estimate of drug-likeness (QED) is 0.392. The summed E-state index contributed by atoms with van der Waals surface area (Å²) in [6.07, 6.45) is 0. The van der Waals surface area contributed by atoms with Crippen LogP contribution in [-0.2, 0) is 10.0 Å². The summed E-state index contributed by atoms with van der Waals surface area (Å²) >= 11 is 5.95. The number of tetrazole rings is 1. The SMILES string of the molecule is Nc1[nH][nH]c(=O)c1N=Nc1cc(Cl)c(S(N)(=O)=O)cc1-c1nn[nH]n1. The van der Waals surface area contributed by atoms with Crippen LogP contribution in [0.15, 0.2) is 32.1 Å². The lowest BCUT2D eigenvalue weighted by atomic mass is 10.1. The minimum absolute atomic E-state index is 0.0199. The molecule has 3 rings (SSSR count). The van der Waals surface area contributed by atoms with Crippen LogP contribution in [0.4, 0.5) is 17.2 Å². The van der Waals surface area contributed by atoms with Gasteiger partial charge in [0.25, 0.3) is 5.56 Å². The number of nitrogens with zero attached hydrogens (tertiary/aromatic N) is 5. The summed E-state index contributed by atoms with van der Waals surface area (Å²) in [6, 6.07) is 2.31. The summed E-state index contributed by atoms with van der Waals surface area (Å²) in [5.74, 6) is -0.00594. The molecule has 0 radical (unpaired) electrons. The van der Waals surface area contributed by atoms with Gasteiger partial charge in [0, 0.05) is 0 Å². The van der Waals surface area contributed by atoms with Gasteiger partial charge in [0.05, 0.1) is 16.3 Å². The maximum absolute atomic E-state index is 11.6. The largest absolute Gasteiger partial charge is 0.382 e. The molecule has 0 aliphatic rings. The van der Waals surface area contributed by atoms with Gasteiger partial charge < -0.3 is 5.73 Å². The van der Waals surface area contributed by atoms with Crippen LogP contribution in [0, 0.1) is 0 Å². The molecule has 25 heavy (non-hydrogen) atoms. The van der Waals surface area contributed by atoms with Gasteiger partial charge in [-0.05, 0) is 17.3 Å². The van der Waals surface area contributed by atoms with Gasteiger partial charge in [-0.1, -0.05) is 11.6 Å². The average molecular weight is 385 g/mol. The van der Waals surface area contributed by atoms with Crippen LogP contribution < -0.4 is 16.4 Å². The summed E-state index contributed by atoms with van der Waals surface area (Å²) in [7, 11) is -4.11. The summed E-state index contributed by atoms with van der Waals surface area (Å²) in [4.78, 5) is 11.2. The standard InChI is InChI=1S/C10H9ClN10O3S/c11-4-2-5(14-15-7-8(12)16-19-10(7)22)3(9-17-20-21-18-9)1-6(4)25(13,23)24/h1-2H,(H2,13,23,24)(H4,12,16,19,22)(H,17,18,20,21). The first-order valence-electron chi connectivity index (χ1n) is 6.35. The Morgan fingerprint density at radius 3 is 2.52 bits per heavy atom. The molecular formula is C10H9ClN10O3S. The summed E-state index contributed by atoms with van der Waals surface area (Å²) < 4.78 is 23.3. The van der Waals surface area contributed by atoms with Gasteiger partial charge in [-0.15, -0.1) is 20.4 Å². The van der Waals surface area contributed by atoms with Crippen molar-refractivity contribution in [2.45, 2.75) is 4.90 Å². The Morgan fingerprint density at radius 1 is 1.20 bits per heavy atom. The number of sulfonamides is 1. The molecule has 1 aromatic carbocycles. The van der Waals surface area contributed by atoms with Gasteiger partial charge in [-0.3, -0.25) is 15.0 Å². The van der Waals surface area contributed by atoms with E-state index in [1.807, 2.05) is 0 Å². The first-order valence-corrected chi connectivity index (χ1v) is 8.28. The molecule has 130 valence electrons. The van der Waals surface area contributed by atoms with Crippen LogP contribution in [0.5, 0.6) is 0 Å². The lowest BCUT2D eigenvalue weighted by Crippen LogP contribution is -2.12. The third kappa shape index (κ3) is 3.25. The molecule has 0 fully saturated rings. The van der Waals surface area contributed by atoms with Crippen molar-refractivity contribution in [3.63, 3.8) is 0 Å². The van der Waals surface area contributed by atoms with Crippen LogP contribution in [0.3, 0.4) is 0 Å². The summed E-state index contributed by atoms with van der Waals surface area (Å²) in [5.41, 5.74) is 4.99. The highest BCUT2D eigenvalue weighted by atomic mass is 35.5. The van der Waals surface area contributed by atoms with Gasteiger partial charge in [0.15, 0.2) is 5.69 Å². The van der Waals surface area contributed by atoms with Crippen molar-refractivity contribution in [2.75, 3.05) is 5.73 Å². The zero-order valence-electron chi connectivity index (χ0n) is 12.1. The van der Waals surface area contributed by atoms with Gasteiger partial charge in [-0.25, -0.2) is 13.6 Å². The number of rotatable bonds is 4. The zero-order chi connectivity index (χ0) is 18.2. The number of benzene rings is 1. The lowest BCUT2D eigenvalue weighted by molar-refractivity contribution is 0.598. The first kappa shape index (κ1) is 16.7. The second-order valence-electron chi connectivity index (χ2n) is 4.62. The number of primary sulfonamides is 1. The van der Waals surface area contributed by atoms with E-state index < -0.39 is 15.6 Å². The fourth-order valence-corrected chi connectivity index (χ4v) is 2.96. The number of aromatic nitrogens is 6. The number of nitrogens with one attached hydrogen (secondary N) is 3. The van der Waals surface area contributed by atoms with E-state index in [0.717, 1.165) is 6.07 Å². The molecule has 0 bridgehead atoms. The fraction of sp³-hybridized carbons (Fsp3) is 0. The van der Waals surface area contributed by atoms with Gasteiger partial charge in [0.1, 0.15) is 10.7 Å². The minimum Gasteiger partial charge on any atom is -0.382 e. The predicted octanol–water partition coefficient (Wildman–Crippen LogP) is 0.181. The van der Waals surface area contributed by atoms with Crippen LogP contribution in [0.25, 0.3) is 11.4 Å². The van der Waals surface area contributed by atoms with Gasteiger partial charge >= 0.3 is 0 Å². The summed E-state index contributed by atoms with van der Waals surface area (Å²) in [5, 5.41) is 30.3. The van der Waals surface area contributed by atoms with Crippen LogP contribution in [-0.4, -0.2) is 39.2 Å². The van der Waals surface area contributed by atoms with E-state index in [2.05, 4.69) is 41.0 Å². The second kappa shape index (κ2) is 6.08. The molecule has 0 aliphatic heterocycles. The third-order valence-electron chi connectivity index (χ3n) is 2.98. The average Bonchev–Trinajstić information content (AvgIpc) is 3.15. The van der Waals surface area contributed by atoms with Crippen molar-refractivity contribution in [1.82, 2.24) is 30.8 Å². The molecule has 2 heterocycles. The smallest absolute Gasteiger partial charge is 0.293 e. The predicted molar refractivity (Wildman–Crippen MR) is 86.0 cm³/mol. The number of hydrogen-bond acceptors (Lipinski definition) is 9. The molecule has 0 aliphatic carbocycles. The number of anilines is 1. The molecule has 7 N–H and O–H groups in total. The molecule has 2 aromatic heterocycles. The van der Waals surface area contributed by atoms with Crippen LogP contribution >= 0.6 is 11.6 Å². The maximum atomic E-state index is 11.6. The van der Waals surface area contributed by atoms with Crippen LogP contribution in [0.1, 0.15) is 0 Å². The molecule has 0 saturated heterocycles. The number of hydrogen-bond donors (Lipinski definition) is 5. The maximum Gasteiger partial charge on any atom is 0.293 e.